The molecule has 0 amide bonds. The van der Waals surface area contributed by atoms with Gasteiger partial charge in [-0.1, -0.05) is 19.8 Å². The molecule has 0 bridgehead atoms. The molecule has 3 atom stereocenters. The average Bonchev–Trinajstić information content (AvgIpc) is 2.39. The van der Waals surface area contributed by atoms with Gasteiger partial charge in [0.05, 0.1) is 0 Å². The Balaban J connectivity index is 1.96. The highest BCUT2D eigenvalue weighted by atomic mass is 15.3. The minimum Gasteiger partial charge on any atom is -0.315 e. The third-order valence-electron chi connectivity index (χ3n) is 4.85. The van der Waals surface area contributed by atoms with E-state index in [1.165, 1.54) is 51.7 Å². The topological polar surface area (TPSA) is 18.5 Å². The van der Waals surface area contributed by atoms with Crippen molar-refractivity contribution in [1.82, 2.24) is 15.1 Å². The first-order valence-electron chi connectivity index (χ1n) is 7.37. The summed E-state index contributed by atoms with van der Waals surface area (Å²) in [5.41, 5.74) is 0. The van der Waals surface area contributed by atoms with Crippen molar-refractivity contribution in [3.05, 3.63) is 0 Å². The molecule has 1 aliphatic heterocycles. The van der Waals surface area contributed by atoms with E-state index in [9.17, 15) is 0 Å². The quantitative estimate of drug-likeness (QED) is 0.806. The molecule has 100 valence electrons. The van der Waals surface area contributed by atoms with Crippen LogP contribution in [0.3, 0.4) is 0 Å². The van der Waals surface area contributed by atoms with E-state index in [-0.39, 0.29) is 0 Å². The molecule has 1 heterocycles. The lowest BCUT2D eigenvalue weighted by atomic mass is 9.88. The fourth-order valence-corrected chi connectivity index (χ4v) is 3.60. The fourth-order valence-electron chi connectivity index (χ4n) is 3.60. The second-order valence-corrected chi connectivity index (χ2v) is 5.78. The molecule has 0 radical (unpaired) electrons. The van der Waals surface area contributed by atoms with Crippen LogP contribution < -0.4 is 5.32 Å². The van der Waals surface area contributed by atoms with E-state index in [4.69, 9.17) is 0 Å². The highest BCUT2D eigenvalue weighted by Crippen LogP contribution is 2.25. The van der Waals surface area contributed by atoms with E-state index in [1.807, 2.05) is 0 Å². The highest BCUT2D eigenvalue weighted by Gasteiger charge is 2.33. The van der Waals surface area contributed by atoms with Gasteiger partial charge >= 0.3 is 0 Å². The summed E-state index contributed by atoms with van der Waals surface area (Å²) in [5.74, 6) is 0. The van der Waals surface area contributed by atoms with E-state index in [1.54, 1.807) is 0 Å². The Bertz CT molecular complexity index is 232. The predicted molar refractivity (Wildman–Crippen MR) is 73.4 cm³/mol. The zero-order chi connectivity index (χ0) is 12.3. The second kappa shape index (κ2) is 6.17. The first-order valence-corrected chi connectivity index (χ1v) is 7.37. The Morgan fingerprint density at radius 3 is 2.65 bits per heavy atom. The molecule has 0 aromatic rings. The van der Waals surface area contributed by atoms with Crippen molar-refractivity contribution in [3.63, 3.8) is 0 Å². The molecule has 0 aromatic carbocycles. The van der Waals surface area contributed by atoms with Crippen molar-refractivity contribution in [2.45, 2.75) is 57.2 Å². The molecule has 1 aliphatic carbocycles. The molecular weight excluding hydrogens is 210 g/mol. The maximum absolute atomic E-state index is 3.54. The smallest absolute Gasteiger partial charge is 0.0250 e. The van der Waals surface area contributed by atoms with Crippen LogP contribution >= 0.6 is 0 Å². The van der Waals surface area contributed by atoms with Crippen molar-refractivity contribution >= 4 is 0 Å². The molecule has 2 fully saturated rings. The Hall–Kier alpha value is -0.120. The van der Waals surface area contributed by atoms with Crippen LogP contribution in [-0.4, -0.2) is 61.7 Å². The number of hydrogen-bond acceptors (Lipinski definition) is 3. The summed E-state index contributed by atoms with van der Waals surface area (Å²) in [6, 6.07) is 2.28. The summed E-state index contributed by atoms with van der Waals surface area (Å²) in [4.78, 5) is 5.29. The maximum Gasteiger partial charge on any atom is 0.0250 e. The number of likely N-dealkylation sites (N-methyl/N-ethyl adjacent to an activating group) is 2. The Morgan fingerprint density at radius 1 is 1.18 bits per heavy atom. The summed E-state index contributed by atoms with van der Waals surface area (Å²) in [7, 11) is 4.41. The number of piperazine rings is 1. The van der Waals surface area contributed by atoms with E-state index in [0.29, 0.717) is 0 Å². The molecule has 17 heavy (non-hydrogen) atoms. The number of nitrogens with zero attached hydrogens (tertiary/aromatic N) is 2. The molecule has 1 saturated carbocycles. The van der Waals surface area contributed by atoms with E-state index in [2.05, 4.69) is 36.1 Å². The molecule has 1 N–H and O–H groups in total. The second-order valence-electron chi connectivity index (χ2n) is 5.78. The molecule has 0 spiro atoms. The molecule has 3 heteroatoms. The third kappa shape index (κ3) is 3.01. The average molecular weight is 239 g/mol. The first kappa shape index (κ1) is 13.3. The van der Waals surface area contributed by atoms with Gasteiger partial charge in [0.15, 0.2) is 0 Å². The van der Waals surface area contributed by atoms with Crippen molar-refractivity contribution in [2.24, 2.45) is 0 Å². The molecular formula is C14H29N3. The molecule has 3 unspecified atom stereocenters. The van der Waals surface area contributed by atoms with Gasteiger partial charge in [0.25, 0.3) is 0 Å². The summed E-state index contributed by atoms with van der Waals surface area (Å²) in [6.07, 6.45) is 6.87. The Labute approximate surface area is 107 Å². The van der Waals surface area contributed by atoms with Crippen LogP contribution in [0, 0.1) is 0 Å². The summed E-state index contributed by atoms with van der Waals surface area (Å²) < 4.78 is 0. The molecule has 2 aliphatic rings. The lowest BCUT2D eigenvalue weighted by molar-refractivity contribution is 0.0369. The van der Waals surface area contributed by atoms with Crippen molar-refractivity contribution in [3.8, 4) is 0 Å². The van der Waals surface area contributed by atoms with Gasteiger partial charge in [-0.05, 0) is 33.4 Å². The van der Waals surface area contributed by atoms with E-state index >= 15 is 0 Å². The van der Waals surface area contributed by atoms with Crippen molar-refractivity contribution in [1.29, 1.82) is 0 Å². The fraction of sp³-hybridized carbons (Fsp3) is 1.00. The largest absolute Gasteiger partial charge is 0.315 e. The lowest BCUT2D eigenvalue weighted by Gasteiger charge is -2.46. The van der Waals surface area contributed by atoms with Gasteiger partial charge in [0.1, 0.15) is 0 Å². The Kier molecular flexibility index (Phi) is 4.83. The molecule has 1 saturated heterocycles. The Morgan fingerprint density at radius 2 is 1.94 bits per heavy atom. The third-order valence-corrected chi connectivity index (χ3v) is 4.85. The number of rotatable bonds is 3. The number of nitrogens with one attached hydrogen (secondary N) is 1. The van der Waals surface area contributed by atoms with E-state index < -0.39 is 0 Å². The zero-order valence-corrected chi connectivity index (χ0v) is 11.8. The van der Waals surface area contributed by atoms with Crippen LogP contribution in [-0.2, 0) is 0 Å². The van der Waals surface area contributed by atoms with Gasteiger partial charge in [0, 0.05) is 37.8 Å². The van der Waals surface area contributed by atoms with Crippen LogP contribution in [0.15, 0.2) is 0 Å². The van der Waals surface area contributed by atoms with Crippen LogP contribution in [0.1, 0.15) is 39.0 Å². The minimum atomic E-state index is 0.727. The van der Waals surface area contributed by atoms with Gasteiger partial charge in [-0.25, -0.2) is 0 Å². The lowest BCUT2D eigenvalue weighted by Crippen LogP contribution is -2.59. The zero-order valence-electron chi connectivity index (χ0n) is 11.8. The number of hydrogen-bond donors (Lipinski definition) is 1. The first-order chi connectivity index (χ1) is 8.26. The standard InChI is InChI=1S/C14H29N3/c1-4-12-11-17(10-9-16(12)3)14-8-6-5-7-13(14)15-2/h12-15H,4-11H2,1-3H3. The summed E-state index contributed by atoms with van der Waals surface area (Å²) in [5, 5.41) is 3.54. The highest BCUT2D eigenvalue weighted by molar-refractivity contribution is 4.91. The van der Waals surface area contributed by atoms with Gasteiger partial charge in [-0.3, -0.25) is 4.90 Å². The van der Waals surface area contributed by atoms with Crippen molar-refractivity contribution in [2.75, 3.05) is 33.7 Å². The van der Waals surface area contributed by atoms with Crippen LogP contribution in [0.5, 0.6) is 0 Å². The van der Waals surface area contributed by atoms with Crippen molar-refractivity contribution < 1.29 is 0 Å². The summed E-state index contributed by atoms with van der Waals surface area (Å²) in [6.45, 7) is 6.10. The minimum absolute atomic E-state index is 0.727. The predicted octanol–water partition coefficient (Wildman–Crippen LogP) is 1.54. The normalized spacial score (nSPS) is 37.2. The van der Waals surface area contributed by atoms with E-state index in [0.717, 1.165) is 18.1 Å². The SMILES string of the molecule is CCC1CN(C2CCCCC2NC)CCN1C. The van der Waals surface area contributed by atoms with Gasteiger partial charge in [0.2, 0.25) is 0 Å². The van der Waals surface area contributed by atoms with Crippen LogP contribution in [0.25, 0.3) is 0 Å². The summed E-state index contributed by atoms with van der Waals surface area (Å²) >= 11 is 0. The van der Waals surface area contributed by atoms with Crippen LogP contribution in [0.4, 0.5) is 0 Å². The maximum atomic E-state index is 3.54. The monoisotopic (exact) mass is 239 g/mol. The molecule has 3 nitrogen and oxygen atoms in total. The molecule has 2 rings (SSSR count). The van der Waals surface area contributed by atoms with Gasteiger partial charge in [-0.2, -0.15) is 0 Å². The van der Waals surface area contributed by atoms with Gasteiger partial charge < -0.3 is 10.2 Å². The molecule has 0 aromatic heterocycles. The van der Waals surface area contributed by atoms with Crippen LogP contribution in [0.2, 0.25) is 0 Å². The van der Waals surface area contributed by atoms with Gasteiger partial charge in [-0.15, -0.1) is 0 Å².